The Morgan fingerprint density at radius 1 is 0.907 bits per heavy atom. The number of rotatable bonds is 7. The van der Waals surface area contributed by atoms with E-state index in [1.165, 1.54) is 18.2 Å². The van der Waals surface area contributed by atoms with Gasteiger partial charge in [0.15, 0.2) is 0 Å². The molecule has 4 rings (SSSR count). The molecule has 43 heavy (non-hydrogen) atoms. The second-order valence-corrected chi connectivity index (χ2v) is 12.8. The summed E-state index contributed by atoms with van der Waals surface area (Å²) in [7, 11) is -4.15. The number of hydrogen-bond acceptors (Lipinski definition) is 4. The van der Waals surface area contributed by atoms with Crippen LogP contribution in [0.2, 0.25) is 10.0 Å². The summed E-state index contributed by atoms with van der Waals surface area (Å²) in [5.74, 6) is -1.03. The van der Waals surface area contributed by atoms with Gasteiger partial charge in [0.1, 0.15) is 0 Å². The molecular formula is C29H25Cl2F6NO4S. The summed E-state index contributed by atoms with van der Waals surface area (Å²) in [6.07, 6.45) is -9.53. The molecule has 0 aromatic heterocycles. The molecule has 0 aliphatic carbocycles. The molecule has 1 saturated heterocycles. The number of likely N-dealkylation sites (tertiary alicyclic amines) is 1. The fraction of sp³-hybridized carbons (Fsp3) is 0.345. The van der Waals surface area contributed by atoms with Gasteiger partial charge in [-0.15, -0.1) is 0 Å². The van der Waals surface area contributed by atoms with Gasteiger partial charge in [-0.3, -0.25) is 8.98 Å². The van der Waals surface area contributed by atoms with Crippen LogP contribution >= 0.6 is 23.2 Å². The largest absolute Gasteiger partial charge is 0.416 e. The van der Waals surface area contributed by atoms with Crippen LogP contribution in [0.3, 0.4) is 0 Å². The van der Waals surface area contributed by atoms with Crippen LogP contribution < -0.4 is 0 Å². The second kappa shape index (κ2) is 12.3. The lowest BCUT2D eigenvalue weighted by Crippen LogP contribution is -2.49. The minimum absolute atomic E-state index is 0.0240. The van der Waals surface area contributed by atoms with E-state index in [-0.39, 0.29) is 47.1 Å². The topological polar surface area (TPSA) is 63.7 Å². The molecule has 3 aromatic carbocycles. The van der Waals surface area contributed by atoms with Gasteiger partial charge in [0.25, 0.3) is 16.0 Å². The summed E-state index contributed by atoms with van der Waals surface area (Å²) in [5.41, 5.74) is -3.60. The van der Waals surface area contributed by atoms with Crippen molar-refractivity contribution >= 4 is 39.2 Å². The Bertz CT molecular complexity index is 1580. The Morgan fingerprint density at radius 3 is 2.07 bits per heavy atom. The van der Waals surface area contributed by atoms with E-state index in [2.05, 4.69) is 0 Å². The molecule has 14 heteroatoms. The number of piperidine rings is 1. The van der Waals surface area contributed by atoms with E-state index in [9.17, 15) is 39.6 Å². The molecule has 0 bridgehead atoms. The van der Waals surface area contributed by atoms with Crippen LogP contribution in [0, 0.1) is 6.92 Å². The Balaban J connectivity index is 1.67. The highest BCUT2D eigenvalue weighted by atomic mass is 35.5. The van der Waals surface area contributed by atoms with Gasteiger partial charge in [0.2, 0.25) is 0 Å². The SMILES string of the molecule is Cc1ccc(S(=O)(=O)OCCC2(c3ccc(Cl)c(Cl)c3)CCCN(C(=O)c3cc(C(F)(F)F)cc(C(F)(F)F)c3)C2)cc1. The van der Waals surface area contributed by atoms with Crippen LogP contribution in [0.25, 0.3) is 0 Å². The van der Waals surface area contributed by atoms with E-state index in [0.29, 0.717) is 30.5 Å². The van der Waals surface area contributed by atoms with Crippen LogP contribution in [0.15, 0.2) is 65.6 Å². The first-order valence-electron chi connectivity index (χ1n) is 12.9. The third-order valence-electron chi connectivity index (χ3n) is 7.36. The van der Waals surface area contributed by atoms with Crippen LogP contribution in [0.1, 0.15) is 51.9 Å². The van der Waals surface area contributed by atoms with Gasteiger partial charge in [-0.25, -0.2) is 0 Å². The molecule has 0 spiro atoms. The first-order valence-corrected chi connectivity index (χ1v) is 15.1. The summed E-state index contributed by atoms with van der Waals surface area (Å²) in [6.45, 7) is 1.34. The van der Waals surface area contributed by atoms with Crippen LogP contribution in [-0.2, 0) is 32.1 Å². The van der Waals surface area contributed by atoms with Crippen molar-refractivity contribution in [1.82, 2.24) is 4.90 Å². The predicted octanol–water partition coefficient (Wildman–Crippen LogP) is 8.31. The Hall–Kier alpha value is -2.80. The fourth-order valence-electron chi connectivity index (χ4n) is 5.10. The molecule has 1 unspecified atom stereocenters. The monoisotopic (exact) mass is 667 g/mol. The van der Waals surface area contributed by atoms with E-state index in [1.807, 2.05) is 0 Å². The highest BCUT2D eigenvalue weighted by Gasteiger charge is 2.41. The lowest BCUT2D eigenvalue weighted by molar-refractivity contribution is -0.143. The van der Waals surface area contributed by atoms with E-state index in [1.54, 1.807) is 31.2 Å². The molecule has 1 aliphatic rings. The van der Waals surface area contributed by atoms with Crippen molar-refractivity contribution in [2.45, 2.75) is 48.8 Å². The van der Waals surface area contributed by atoms with Gasteiger partial charge < -0.3 is 4.90 Å². The molecule has 1 atom stereocenters. The zero-order chi connectivity index (χ0) is 31.8. The number of amides is 1. The van der Waals surface area contributed by atoms with E-state index >= 15 is 0 Å². The lowest BCUT2D eigenvalue weighted by Gasteiger charge is -2.43. The van der Waals surface area contributed by atoms with Gasteiger partial charge in [-0.05, 0) is 74.2 Å². The molecule has 0 N–H and O–H groups in total. The highest BCUT2D eigenvalue weighted by Crippen LogP contribution is 2.41. The molecule has 232 valence electrons. The molecule has 1 fully saturated rings. The number of carbonyl (C=O) groups is 1. The smallest absolute Gasteiger partial charge is 0.338 e. The normalized spacial score (nSPS) is 18.1. The third kappa shape index (κ3) is 7.65. The molecule has 1 aliphatic heterocycles. The van der Waals surface area contributed by atoms with Gasteiger partial charge in [-0.2, -0.15) is 34.8 Å². The van der Waals surface area contributed by atoms with Crippen molar-refractivity contribution in [3.05, 3.63) is 98.5 Å². The number of carbonyl (C=O) groups excluding carboxylic acids is 1. The van der Waals surface area contributed by atoms with Crippen molar-refractivity contribution in [2.75, 3.05) is 19.7 Å². The molecule has 5 nitrogen and oxygen atoms in total. The molecule has 0 saturated carbocycles. The van der Waals surface area contributed by atoms with E-state index in [4.69, 9.17) is 27.4 Å². The average Bonchev–Trinajstić information content (AvgIpc) is 2.93. The number of benzene rings is 3. The van der Waals surface area contributed by atoms with Gasteiger partial charge in [0.05, 0.1) is 32.7 Å². The van der Waals surface area contributed by atoms with Crippen molar-refractivity contribution in [1.29, 1.82) is 0 Å². The first kappa shape index (κ1) is 33.1. The summed E-state index contributed by atoms with van der Waals surface area (Å²) >= 11 is 12.3. The highest BCUT2D eigenvalue weighted by molar-refractivity contribution is 7.86. The van der Waals surface area contributed by atoms with Crippen LogP contribution in [0.5, 0.6) is 0 Å². The third-order valence-corrected chi connectivity index (χ3v) is 9.42. The Morgan fingerprint density at radius 2 is 1.51 bits per heavy atom. The van der Waals surface area contributed by atoms with Crippen molar-refractivity contribution in [3.63, 3.8) is 0 Å². The number of aryl methyl sites for hydroxylation is 1. The second-order valence-electron chi connectivity index (χ2n) is 10.4. The van der Waals surface area contributed by atoms with E-state index < -0.39 is 50.5 Å². The number of nitrogens with zero attached hydrogens (tertiary/aromatic N) is 1. The predicted molar refractivity (Wildman–Crippen MR) is 149 cm³/mol. The molecule has 3 aromatic rings. The maximum absolute atomic E-state index is 13.5. The fourth-order valence-corrected chi connectivity index (χ4v) is 6.30. The lowest BCUT2D eigenvalue weighted by atomic mass is 9.71. The average molecular weight is 668 g/mol. The molecule has 1 heterocycles. The van der Waals surface area contributed by atoms with E-state index in [0.717, 1.165) is 10.5 Å². The number of alkyl halides is 6. The maximum Gasteiger partial charge on any atom is 0.416 e. The van der Waals surface area contributed by atoms with Crippen molar-refractivity contribution in [3.8, 4) is 0 Å². The van der Waals surface area contributed by atoms with Crippen molar-refractivity contribution in [2.24, 2.45) is 0 Å². The standard InChI is InChI=1S/C29H25Cl2F6NO4S/c1-18-3-6-23(7-4-18)43(40,41)42-12-10-27(20-5-8-24(30)25(31)16-20)9-2-11-38(17-27)26(39)19-13-21(28(32,33)34)15-22(14-19)29(35,36)37/h3-8,13-16H,2,9-12,17H2,1H3. The van der Waals surface area contributed by atoms with Crippen molar-refractivity contribution < 1.29 is 43.7 Å². The minimum atomic E-state index is -5.12. The molecule has 0 radical (unpaired) electrons. The summed E-state index contributed by atoms with van der Waals surface area (Å²) < 4.78 is 112. The number of hydrogen-bond donors (Lipinski definition) is 0. The summed E-state index contributed by atoms with van der Waals surface area (Å²) in [5, 5.41) is 0.397. The first-order chi connectivity index (χ1) is 19.9. The maximum atomic E-state index is 13.5. The zero-order valence-corrected chi connectivity index (χ0v) is 24.9. The zero-order valence-electron chi connectivity index (χ0n) is 22.5. The van der Waals surface area contributed by atoms with Crippen LogP contribution in [0.4, 0.5) is 26.3 Å². The molecule has 1 amide bonds. The van der Waals surface area contributed by atoms with Crippen LogP contribution in [-0.4, -0.2) is 38.9 Å². The summed E-state index contributed by atoms with van der Waals surface area (Å²) in [4.78, 5) is 14.6. The van der Waals surface area contributed by atoms with Gasteiger partial charge in [-0.1, -0.05) is 47.0 Å². The quantitative estimate of drug-likeness (QED) is 0.188. The Labute approximate surface area is 254 Å². The van der Waals surface area contributed by atoms with Gasteiger partial charge in [0, 0.05) is 24.1 Å². The minimum Gasteiger partial charge on any atom is -0.338 e. The Kier molecular flexibility index (Phi) is 9.47. The number of halogens is 8. The summed E-state index contributed by atoms with van der Waals surface area (Å²) in [6, 6.07) is 11.4. The molecular weight excluding hydrogens is 643 g/mol. The van der Waals surface area contributed by atoms with Gasteiger partial charge >= 0.3 is 12.4 Å².